The number of rotatable bonds is 2. The minimum atomic E-state index is -0.414. The Bertz CT molecular complexity index is 566. The predicted octanol–water partition coefficient (Wildman–Crippen LogP) is 2.03. The molecule has 0 spiro atoms. The number of nitrogens with one attached hydrogen (secondary N) is 1. The normalized spacial score (nSPS) is 10.2. The molecule has 0 aliphatic rings. The van der Waals surface area contributed by atoms with Gasteiger partial charge in [0.25, 0.3) is 5.91 Å². The van der Waals surface area contributed by atoms with Gasteiger partial charge in [0.15, 0.2) is 0 Å². The Hall–Kier alpha value is -2.01. The number of aromatic hydroxyl groups is 1. The van der Waals surface area contributed by atoms with Crippen LogP contribution in [0.3, 0.4) is 0 Å². The fourth-order valence-electron chi connectivity index (χ4n) is 1.38. The van der Waals surface area contributed by atoms with E-state index in [2.05, 4.69) is 10.4 Å². The Morgan fingerprint density at radius 2 is 2.24 bits per heavy atom. The summed E-state index contributed by atoms with van der Waals surface area (Å²) in [4.78, 5) is 11.8. The lowest BCUT2D eigenvalue weighted by Gasteiger charge is -2.06. The molecule has 0 atom stereocenters. The van der Waals surface area contributed by atoms with E-state index in [-0.39, 0.29) is 11.3 Å². The van der Waals surface area contributed by atoms with Gasteiger partial charge in [0.2, 0.25) is 0 Å². The van der Waals surface area contributed by atoms with Gasteiger partial charge in [0.1, 0.15) is 11.6 Å². The molecular formula is C11H10ClN3O2. The van der Waals surface area contributed by atoms with E-state index in [1.165, 1.54) is 16.8 Å². The van der Waals surface area contributed by atoms with Crippen LogP contribution < -0.4 is 5.32 Å². The number of anilines is 1. The molecule has 2 rings (SSSR count). The first-order valence-corrected chi connectivity index (χ1v) is 5.23. The zero-order valence-corrected chi connectivity index (χ0v) is 9.77. The van der Waals surface area contributed by atoms with Gasteiger partial charge < -0.3 is 10.4 Å². The lowest BCUT2D eigenvalue weighted by molar-refractivity contribution is 0.102. The van der Waals surface area contributed by atoms with Crippen LogP contribution in [0.25, 0.3) is 0 Å². The Morgan fingerprint density at radius 1 is 1.47 bits per heavy atom. The topological polar surface area (TPSA) is 67.2 Å². The van der Waals surface area contributed by atoms with Crippen LogP contribution in [-0.2, 0) is 7.05 Å². The summed E-state index contributed by atoms with van der Waals surface area (Å²) in [6, 6.07) is 5.98. The lowest BCUT2D eigenvalue weighted by atomic mass is 10.2. The molecule has 88 valence electrons. The molecule has 0 saturated heterocycles. The van der Waals surface area contributed by atoms with E-state index in [1.54, 1.807) is 25.4 Å². The molecule has 0 unspecified atom stereocenters. The quantitative estimate of drug-likeness (QED) is 0.858. The van der Waals surface area contributed by atoms with Crippen LogP contribution in [0.2, 0.25) is 5.02 Å². The minimum absolute atomic E-state index is 0.155. The maximum Gasteiger partial charge on any atom is 0.260 e. The van der Waals surface area contributed by atoms with Crippen LogP contribution in [0.1, 0.15) is 10.4 Å². The fourth-order valence-corrected chi connectivity index (χ4v) is 1.54. The van der Waals surface area contributed by atoms with Gasteiger partial charge in [-0.2, -0.15) is 5.10 Å². The number of aryl methyl sites for hydroxylation is 1. The van der Waals surface area contributed by atoms with E-state index in [1.807, 2.05) is 0 Å². The van der Waals surface area contributed by atoms with Crippen molar-refractivity contribution >= 4 is 23.3 Å². The minimum Gasteiger partial charge on any atom is -0.507 e. The second-order valence-electron chi connectivity index (χ2n) is 3.46. The average Bonchev–Trinajstić information content (AvgIpc) is 2.64. The molecule has 0 aliphatic heterocycles. The highest BCUT2D eigenvalue weighted by atomic mass is 35.5. The van der Waals surface area contributed by atoms with Crippen LogP contribution in [0.5, 0.6) is 5.75 Å². The molecule has 17 heavy (non-hydrogen) atoms. The Labute approximate surface area is 103 Å². The van der Waals surface area contributed by atoms with Crippen LogP contribution in [0.15, 0.2) is 30.5 Å². The SMILES string of the molecule is Cn1nccc1NC(=O)c1ccc(Cl)cc1O. The third-order valence-corrected chi connectivity index (χ3v) is 2.50. The molecule has 0 fully saturated rings. The highest BCUT2D eigenvalue weighted by molar-refractivity contribution is 6.30. The molecule has 0 aliphatic carbocycles. The van der Waals surface area contributed by atoms with Crippen molar-refractivity contribution in [3.05, 3.63) is 41.0 Å². The number of phenolic OH excluding ortho intramolecular Hbond substituents is 1. The Morgan fingerprint density at radius 3 is 2.82 bits per heavy atom. The molecule has 1 heterocycles. The number of nitrogens with zero attached hydrogens (tertiary/aromatic N) is 2. The van der Waals surface area contributed by atoms with Crippen molar-refractivity contribution in [2.75, 3.05) is 5.32 Å². The number of phenols is 1. The van der Waals surface area contributed by atoms with Crippen molar-refractivity contribution in [1.82, 2.24) is 9.78 Å². The number of amides is 1. The lowest BCUT2D eigenvalue weighted by Crippen LogP contribution is -2.14. The first-order chi connectivity index (χ1) is 8.08. The third kappa shape index (κ3) is 2.39. The van der Waals surface area contributed by atoms with E-state index in [9.17, 15) is 9.90 Å². The summed E-state index contributed by atoms with van der Waals surface area (Å²) in [6.45, 7) is 0. The summed E-state index contributed by atoms with van der Waals surface area (Å²) >= 11 is 5.68. The number of aromatic nitrogens is 2. The molecule has 1 amide bonds. The standard InChI is InChI=1S/C11H10ClN3O2/c1-15-10(4-5-13-15)14-11(17)8-3-2-7(12)6-9(8)16/h2-6,16H,1H3,(H,14,17). The summed E-state index contributed by atoms with van der Waals surface area (Å²) < 4.78 is 1.52. The zero-order chi connectivity index (χ0) is 12.4. The van der Waals surface area contributed by atoms with Crippen LogP contribution in [0.4, 0.5) is 5.82 Å². The molecule has 0 saturated carbocycles. The van der Waals surface area contributed by atoms with Gasteiger partial charge in [-0.25, -0.2) is 0 Å². The molecule has 0 radical (unpaired) electrons. The molecule has 1 aromatic carbocycles. The fraction of sp³-hybridized carbons (Fsp3) is 0.0909. The van der Waals surface area contributed by atoms with Gasteiger partial charge in [0.05, 0.1) is 11.8 Å². The smallest absolute Gasteiger partial charge is 0.260 e. The highest BCUT2D eigenvalue weighted by Gasteiger charge is 2.12. The van der Waals surface area contributed by atoms with Gasteiger partial charge in [0, 0.05) is 18.1 Å². The second kappa shape index (κ2) is 4.47. The second-order valence-corrected chi connectivity index (χ2v) is 3.89. The van der Waals surface area contributed by atoms with Gasteiger partial charge in [-0.1, -0.05) is 11.6 Å². The molecule has 5 nitrogen and oxygen atoms in total. The van der Waals surface area contributed by atoms with Crippen molar-refractivity contribution in [3.8, 4) is 5.75 Å². The largest absolute Gasteiger partial charge is 0.507 e. The maximum atomic E-state index is 11.8. The monoisotopic (exact) mass is 251 g/mol. The summed E-state index contributed by atoms with van der Waals surface area (Å²) in [5.74, 6) is -0.0238. The van der Waals surface area contributed by atoms with Gasteiger partial charge in [-0.05, 0) is 18.2 Å². The summed E-state index contributed by atoms with van der Waals surface area (Å²) in [5, 5.41) is 16.5. The summed E-state index contributed by atoms with van der Waals surface area (Å²) in [5.41, 5.74) is 0.163. The van der Waals surface area contributed by atoms with Crippen molar-refractivity contribution in [2.45, 2.75) is 0 Å². The zero-order valence-electron chi connectivity index (χ0n) is 9.01. The first kappa shape index (κ1) is 11.5. The molecule has 2 N–H and O–H groups in total. The van der Waals surface area contributed by atoms with E-state index in [4.69, 9.17) is 11.6 Å². The predicted molar refractivity (Wildman–Crippen MR) is 64.3 cm³/mol. The van der Waals surface area contributed by atoms with Crippen molar-refractivity contribution < 1.29 is 9.90 Å². The van der Waals surface area contributed by atoms with E-state index < -0.39 is 5.91 Å². The van der Waals surface area contributed by atoms with E-state index in [0.29, 0.717) is 10.8 Å². The van der Waals surface area contributed by atoms with Crippen molar-refractivity contribution in [1.29, 1.82) is 0 Å². The van der Waals surface area contributed by atoms with Gasteiger partial charge >= 0.3 is 0 Å². The summed E-state index contributed by atoms with van der Waals surface area (Å²) in [7, 11) is 1.71. The number of hydrogen-bond acceptors (Lipinski definition) is 3. The van der Waals surface area contributed by atoms with E-state index >= 15 is 0 Å². The van der Waals surface area contributed by atoms with E-state index in [0.717, 1.165) is 0 Å². The highest BCUT2D eigenvalue weighted by Crippen LogP contribution is 2.22. The molecular weight excluding hydrogens is 242 g/mol. The molecule has 2 aromatic rings. The maximum absolute atomic E-state index is 11.8. The molecule has 1 aromatic heterocycles. The number of benzene rings is 1. The number of halogens is 1. The third-order valence-electron chi connectivity index (χ3n) is 2.27. The van der Waals surface area contributed by atoms with Gasteiger partial charge in [-0.15, -0.1) is 0 Å². The number of carbonyl (C=O) groups excluding carboxylic acids is 1. The van der Waals surface area contributed by atoms with Crippen molar-refractivity contribution in [3.63, 3.8) is 0 Å². The Balaban J connectivity index is 2.23. The number of carbonyl (C=O) groups is 1. The van der Waals surface area contributed by atoms with Crippen molar-refractivity contribution in [2.24, 2.45) is 7.05 Å². The van der Waals surface area contributed by atoms with Crippen LogP contribution in [0, 0.1) is 0 Å². The molecule has 0 bridgehead atoms. The van der Waals surface area contributed by atoms with Gasteiger partial charge in [-0.3, -0.25) is 9.48 Å². The first-order valence-electron chi connectivity index (χ1n) is 4.86. The molecule has 6 heteroatoms. The average molecular weight is 252 g/mol. The number of hydrogen-bond donors (Lipinski definition) is 2. The summed E-state index contributed by atoms with van der Waals surface area (Å²) in [6.07, 6.45) is 1.57. The Kier molecular flexibility index (Phi) is 3.01. The van der Waals surface area contributed by atoms with Crippen LogP contribution >= 0.6 is 11.6 Å². The van der Waals surface area contributed by atoms with Crippen LogP contribution in [-0.4, -0.2) is 20.8 Å².